The quantitative estimate of drug-likeness (QED) is 0.781. The van der Waals surface area contributed by atoms with Crippen molar-refractivity contribution < 1.29 is 14.3 Å². The number of aromatic nitrogens is 4. The van der Waals surface area contributed by atoms with Crippen LogP contribution in [0, 0.1) is 0 Å². The molecular weight excluding hydrogens is 298 g/mol. The van der Waals surface area contributed by atoms with Gasteiger partial charge < -0.3 is 14.8 Å². The number of hydrogen-bond donors (Lipinski definition) is 1. The van der Waals surface area contributed by atoms with Gasteiger partial charge in [-0.25, -0.2) is 14.8 Å². The first-order valence-corrected chi connectivity index (χ1v) is 7.41. The van der Waals surface area contributed by atoms with Gasteiger partial charge in [-0.05, 0) is 27.7 Å². The molecule has 1 N–H and O–H groups in total. The average Bonchev–Trinajstić information content (AvgIpc) is 2.97. The zero-order chi connectivity index (χ0) is 16.9. The van der Waals surface area contributed by atoms with Gasteiger partial charge in [-0.3, -0.25) is 4.68 Å². The van der Waals surface area contributed by atoms with Crippen molar-refractivity contribution in [1.82, 2.24) is 19.7 Å². The first-order chi connectivity index (χ1) is 11.0. The average molecular weight is 319 g/mol. The van der Waals surface area contributed by atoms with Gasteiger partial charge >= 0.3 is 5.97 Å². The fourth-order valence-electron chi connectivity index (χ4n) is 1.88. The Balaban J connectivity index is 2.13. The van der Waals surface area contributed by atoms with Crippen molar-refractivity contribution in [3.63, 3.8) is 0 Å². The van der Waals surface area contributed by atoms with Crippen LogP contribution in [0.1, 0.15) is 27.7 Å². The summed E-state index contributed by atoms with van der Waals surface area (Å²) in [4.78, 5) is 20.1. The van der Waals surface area contributed by atoms with Crippen molar-refractivity contribution in [2.45, 2.75) is 33.2 Å². The number of hydrogen-bond acceptors (Lipinski definition) is 7. The summed E-state index contributed by atoms with van der Waals surface area (Å²) in [5.41, 5.74) is -0.193. The lowest BCUT2D eigenvalue weighted by Crippen LogP contribution is -2.37. The zero-order valence-corrected chi connectivity index (χ0v) is 13.7. The van der Waals surface area contributed by atoms with E-state index in [0.717, 1.165) is 0 Å². The third-order valence-corrected chi connectivity index (χ3v) is 3.14. The van der Waals surface area contributed by atoms with Gasteiger partial charge in [0.25, 0.3) is 0 Å². The molecular formula is C15H21N5O3. The van der Waals surface area contributed by atoms with Crippen LogP contribution in [0.25, 0.3) is 0 Å². The summed E-state index contributed by atoms with van der Waals surface area (Å²) in [6.45, 7) is 8.02. The Hall–Kier alpha value is -2.64. The molecule has 0 saturated heterocycles. The lowest BCUT2D eigenvalue weighted by Gasteiger charge is -2.22. The van der Waals surface area contributed by atoms with Crippen LogP contribution in [0.4, 0.5) is 11.5 Å². The van der Waals surface area contributed by atoms with E-state index in [1.165, 1.54) is 6.33 Å². The molecule has 0 radical (unpaired) electrons. The van der Waals surface area contributed by atoms with Crippen LogP contribution >= 0.6 is 0 Å². The molecule has 124 valence electrons. The number of esters is 1. The summed E-state index contributed by atoms with van der Waals surface area (Å²) in [6.07, 6.45) is 4.75. The topological polar surface area (TPSA) is 91.2 Å². The molecule has 2 aromatic heterocycles. The van der Waals surface area contributed by atoms with Crippen LogP contribution in [0.15, 0.2) is 24.8 Å². The smallest absolute Gasteiger partial charge is 0.333 e. The number of anilines is 2. The van der Waals surface area contributed by atoms with Gasteiger partial charge in [-0.15, -0.1) is 0 Å². The van der Waals surface area contributed by atoms with E-state index in [2.05, 4.69) is 20.4 Å². The number of carbonyl (C=O) groups excluding carboxylic acids is 1. The first-order valence-electron chi connectivity index (χ1n) is 7.41. The molecule has 0 aliphatic carbocycles. The fourth-order valence-corrected chi connectivity index (χ4v) is 1.88. The minimum Gasteiger partial charge on any atom is -0.478 e. The number of rotatable bonds is 7. The fraction of sp³-hybridized carbons (Fsp3) is 0.467. The molecule has 0 fully saturated rings. The van der Waals surface area contributed by atoms with Crippen molar-refractivity contribution in [2.24, 2.45) is 0 Å². The number of carbonyl (C=O) groups is 1. The molecule has 0 atom stereocenters. The Morgan fingerprint density at radius 3 is 2.78 bits per heavy atom. The highest BCUT2D eigenvalue weighted by Gasteiger charge is 2.32. The third-order valence-electron chi connectivity index (χ3n) is 3.14. The lowest BCUT2D eigenvalue weighted by molar-refractivity contribution is -0.152. The second-order valence-corrected chi connectivity index (χ2v) is 5.25. The van der Waals surface area contributed by atoms with E-state index in [-0.39, 0.29) is 5.97 Å². The number of ether oxygens (including phenoxy) is 2. The Bertz CT molecular complexity index is 669. The van der Waals surface area contributed by atoms with Crippen molar-refractivity contribution >= 4 is 17.5 Å². The highest BCUT2D eigenvalue weighted by Crippen LogP contribution is 2.21. The Kier molecular flexibility index (Phi) is 5.15. The predicted octanol–water partition coefficient (Wildman–Crippen LogP) is 2.11. The molecule has 0 aliphatic heterocycles. The molecule has 0 aromatic carbocycles. The standard InChI is InChI=1S/C15H21N5O3/c1-5-22-13-7-12(16-10-17-13)19-11-8-18-20(9-11)15(3,4)14(21)23-6-2/h7-10H,5-6H2,1-4H3,(H,16,17,19). The maximum Gasteiger partial charge on any atom is 0.333 e. The van der Waals surface area contributed by atoms with E-state index in [0.29, 0.717) is 30.6 Å². The molecule has 0 spiro atoms. The van der Waals surface area contributed by atoms with E-state index in [4.69, 9.17) is 9.47 Å². The van der Waals surface area contributed by atoms with Crippen molar-refractivity contribution in [3.05, 3.63) is 24.8 Å². The minimum atomic E-state index is -0.891. The van der Waals surface area contributed by atoms with Crippen LogP contribution in [-0.2, 0) is 15.1 Å². The van der Waals surface area contributed by atoms with E-state index in [9.17, 15) is 4.79 Å². The molecule has 0 aliphatic rings. The van der Waals surface area contributed by atoms with Crippen molar-refractivity contribution in [1.29, 1.82) is 0 Å². The van der Waals surface area contributed by atoms with Gasteiger partial charge in [0.05, 0.1) is 25.1 Å². The summed E-state index contributed by atoms with van der Waals surface area (Å²) >= 11 is 0. The van der Waals surface area contributed by atoms with Gasteiger partial charge in [0.1, 0.15) is 12.1 Å². The minimum absolute atomic E-state index is 0.329. The maximum absolute atomic E-state index is 12.0. The first kappa shape index (κ1) is 16.7. The maximum atomic E-state index is 12.0. The van der Waals surface area contributed by atoms with Crippen LogP contribution < -0.4 is 10.1 Å². The summed E-state index contributed by atoms with van der Waals surface area (Å²) in [6, 6.07) is 1.69. The SMILES string of the molecule is CCOC(=O)C(C)(C)n1cc(Nc2cc(OCC)ncn2)cn1. The number of nitrogens with one attached hydrogen (secondary N) is 1. The second-order valence-electron chi connectivity index (χ2n) is 5.25. The molecule has 8 heteroatoms. The second kappa shape index (κ2) is 7.08. The molecule has 2 aromatic rings. The van der Waals surface area contributed by atoms with E-state index in [1.807, 2.05) is 6.92 Å². The third kappa shape index (κ3) is 3.97. The summed E-state index contributed by atoms with van der Waals surface area (Å²) < 4.78 is 12.0. The van der Waals surface area contributed by atoms with E-state index in [1.54, 1.807) is 43.9 Å². The molecule has 2 heterocycles. The van der Waals surface area contributed by atoms with Gasteiger partial charge in [0.2, 0.25) is 5.88 Å². The molecule has 0 bridgehead atoms. The van der Waals surface area contributed by atoms with E-state index >= 15 is 0 Å². The monoisotopic (exact) mass is 319 g/mol. The molecule has 0 unspecified atom stereocenters. The van der Waals surface area contributed by atoms with Crippen LogP contribution in [0.2, 0.25) is 0 Å². The normalized spacial score (nSPS) is 11.1. The van der Waals surface area contributed by atoms with Gasteiger partial charge in [0.15, 0.2) is 5.54 Å². The summed E-state index contributed by atoms with van der Waals surface area (Å²) in [5.74, 6) is 0.733. The van der Waals surface area contributed by atoms with Gasteiger partial charge in [-0.2, -0.15) is 5.10 Å². The number of nitrogens with zero attached hydrogens (tertiary/aromatic N) is 4. The molecule has 23 heavy (non-hydrogen) atoms. The Morgan fingerprint density at radius 1 is 1.30 bits per heavy atom. The van der Waals surface area contributed by atoms with Crippen LogP contribution in [0.5, 0.6) is 5.88 Å². The van der Waals surface area contributed by atoms with Gasteiger partial charge in [0, 0.05) is 12.3 Å². The highest BCUT2D eigenvalue weighted by atomic mass is 16.5. The zero-order valence-electron chi connectivity index (χ0n) is 13.7. The lowest BCUT2D eigenvalue weighted by atomic mass is 10.1. The van der Waals surface area contributed by atoms with Gasteiger partial charge in [-0.1, -0.05) is 0 Å². The van der Waals surface area contributed by atoms with Crippen LogP contribution in [0.3, 0.4) is 0 Å². The van der Waals surface area contributed by atoms with Crippen molar-refractivity contribution in [3.8, 4) is 5.88 Å². The molecule has 0 saturated carbocycles. The molecule has 2 rings (SSSR count). The molecule has 0 amide bonds. The Morgan fingerprint density at radius 2 is 2.09 bits per heavy atom. The summed E-state index contributed by atoms with van der Waals surface area (Å²) in [5, 5.41) is 7.32. The predicted molar refractivity (Wildman–Crippen MR) is 84.7 cm³/mol. The van der Waals surface area contributed by atoms with E-state index < -0.39 is 5.54 Å². The van der Waals surface area contributed by atoms with Crippen LogP contribution in [-0.4, -0.2) is 38.9 Å². The highest BCUT2D eigenvalue weighted by molar-refractivity contribution is 5.77. The largest absolute Gasteiger partial charge is 0.478 e. The summed E-state index contributed by atoms with van der Waals surface area (Å²) in [7, 11) is 0. The van der Waals surface area contributed by atoms with Crippen molar-refractivity contribution in [2.75, 3.05) is 18.5 Å². The Labute approximate surface area is 134 Å². The molecule has 8 nitrogen and oxygen atoms in total.